The van der Waals surface area contributed by atoms with Gasteiger partial charge in [-0.25, -0.2) is 0 Å². The highest BCUT2D eigenvalue weighted by molar-refractivity contribution is 5.97. The second-order valence-electron chi connectivity index (χ2n) is 4.88. The van der Waals surface area contributed by atoms with Crippen LogP contribution < -0.4 is 11.1 Å². The van der Waals surface area contributed by atoms with Crippen LogP contribution in [0.5, 0.6) is 0 Å². The number of hydrogen-bond acceptors (Lipinski definition) is 2. The van der Waals surface area contributed by atoms with E-state index in [9.17, 15) is 4.79 Å². The number of nitrogens with two attached hydrogens (primary N) is 1. The molecule has 0 bridgehead atoms. The maximum Gasteiger partial charge on any atom is 0.230 e. The first-order valence-electron chi connectivity index (χ1n) is 6.34. The molecule has 1 saturated carbocycles. The highest BCUT2D eigenvalue weighted by Gasteiger charge is 2.39. The van der Waals surface area contributed by atoms with Gasteiger partial charge in [0.2, 0.25) is 5.91 Å². The molecule has 0 unspecified atom stereocenters. The van der Waals surface area contributed by atoms with Gasteiger partial charge in [0.05, 0.1) is 11.4 Å². The minimum atomic E-state index is -0.164. The molecule has 1 aliphatic rings. The maximum absolute atomic E-state index is 12.4. The van der Waals surface area contributed by atoms with Gasteiger partial charge in [-0.1, -0.05) is 31.9 Å². The van der Waals surface area contributed by atoms with Crippen LogP contribution in [0.25, 0.3) is 0 Å². The van der Waals surface area contributed by atoms with Gasteiger partial charge in [0.15, 0.2) is 0 Å². The van der Waals surface area contributed by atoms with Crippen LogP contribution >= 0.6 is 0 Å². The zero-order valence-electron chi connectivity index (χ0n) is 10.3. The summed E-state index contributed by atoms with van der Waals surface area (Å²) in [7, 11) is 0. The molecule has 0 spiro atoms. The summed E-state index contributed by atoms with van der Waals surface area (Å²) in [4.78, 5) is 12.4. The van der Waals surface area contributed by atoms with E-state index in [0.29, 0.717) is 5.69 Å². The Labute approximate surface area is 102 Å². The summed E-state index contributed by atoms with van der Waals surface area (Å²) in [6, 6.07) is 7.42. The molecule has 3 heteroatoms. The van der Waals surface area contributed by atoms with Crippen molar-refractivity contribution in [3.05, 3.63) is 24.3 Å². The number of amides is 1. The molecule has 92 valence electrons. The van der Waals surface area contributed by atoms with Crippen LogP contribution in [0.3, 0.4) is 0 Å². The Morgan fingerprint density at radius 3 is 2.59 bits per heavy atom. The fourth-order valence-corrected chi connectivity index (χ4v) is 2.66. The van der Waals surface area contributed by atoms with E-state index in [0.717, 1.165) is 37.8 Å². The lowest BCUT2D eigenvalue weighted by atomic mass is 9.82. The Hall–Kier alpha value is -1.51. The number of nitrogens with one attached hydrogen (secondary N) is 1. The number of anilines is 2. The number of carbonyl (C=O) groups excluding carboxylic acids is 1. The third-order valence-electron chi connectivity index (χ3n) is 3.93. The minimum Gasteiger partial charge on any atom is -0.397 e. The molecule has 2 rings (SSSR count). The first-order chi connectivity index (χ1) is 8.18. The Morgan fingerprint density at radius 1 is 1.35 bits per heavy atom. The molecule has 1 amide bonds. The standard InChI is InChI=1S/C14H20N2O/c1-2-14(9-5-6-10-14)13(17)16-12-8-4-3-7-11(12)15/h3-4,7-8H,2,5-6,9-10,15H2,1H3,(H,16,17). The van der Waals surface area contributed by atoms with E-state index in [2.05, 4.69) is 12.2 Å². The van der Waals surface area contributed by atoms with Crippen LogP contribution in [0.2, 0.25) is 0 Å². The molecule has 1 aromatic rings. The first-order valence-corrected chi connectivity index (χ1v) is 6.34. The third kappa shape index (κ3) is 2.28. The van der Waals surface area contributed by atoms with Crippen molar-refractivity contribution in [3.8, 4) is 0 Å². The average Bonchev–Trinajstić information content (AvgIpc) is 2.82. The van der Waals surface area contributed by atoms with E-state index in [1.807, 2.05) is 24.3 Å². The van der Waals surface area contributed by atoms with E-state index < -0.39 is 0 Å². The van der Waals surface area contributed by atoms with Gasteiger partial charge >= 0.3 is 0 Å². The Kier molecular flexibility index (Phi) is 3.36. The van der Waals surface area contributed by atoms with Crippen LogP contribution in [0.4, 0.5) is 11.4 Å². The van der Waals surface area contributed by atoms with Crippen LogP contribution in [0, 0.1) is 5.41 Å². The number of rotatable bonds is 3. The zero-order chi connectivity index (χ0) is 12.3. The molecule has 3 N–H and O–H groups in total. The second-order valence-corrected chi connectivity index (χ2v) is 4.88. The summed E-state index contributed by atoms with van der Waals surface area (Å²) in [6.07, 6.45) is 5.23. The fourth-order valence-electron chi connectivity index (χ4n) is 2.66. The molecule has 0 aliphatic heterocycles. The van der Waals surface area contributed by atoms with Crippen molar-refractivity contribution in [1.82, 2.24) is 0 Å². The summed E-state index contributed by atoms with van der Waals surface area (Å²) in [6.45, 7) is 2.10. The average molecular weight is 232 g/mol. The smallest absolute Gasteiger partial charge is 0.230 e. The number of nitrogen functional groups attached to an aromatic ring is 1. The SMILES string of the molecule is CCC1(C(=O)Nc2ccccc2N)CCCC1. The molecule has 0 heterocycles. The fraction of sp³-hybridized carbons (Fsp3) is 0.500. The van der Waals surface area contributed by atoms with E-state index >= 15 is 0 Å². The quantitative estimate of drug-likeness (QED) is 0.786. The largest absolute Gasteiger partial charge is 0.397 e. The molecule has 3 nitrogen and oxygen atoms in total. The molecular weight excluding hydrogens is 212 g/mol. The van der Waals surface area contributed by atoms with E-state index in [4.69, 9.17) is 5.73 Å². The summed E-state index contributed by atoms with van der Waals surface area (Å²) >= 11 is 0. The Morgan fingerprint density at radius 2 is 2.00 bits per heavy atom. The lowest BCUT2D eigenvalue weighted by Gasteiger charge is -2.26. The van der Waals surface area contributed by atoms with Gasteiger partial charge in [0.25, 0.3) is 0 Å². The van der Waals surface area contributed by atoms with Gasteiger partial charge in [0.1, 0.15) is 0 Å². The number of benzene rings is 1. The number of carbonyl (C=O) groups is 1. The van der Waals surface area contributed by atoms with Crippen molar-refractivity contribution >= 4 is 17.3 Å². The van der Waals surface area contributed by atoms with Crippen LogP contribution in [0.15, 0.2) is 24.3 Å². The van der Waals surface area contributed by atoms with E-state index in [1.54, 1.807) is 0 Å². The predicted octanol–water partition coefficient (Wildman–Crippen LogP) is 3.18. The molecule has 1 aliphatic carbocycles. The number of hydrogen-bond donors (Lipinski definition) is 2. The minimum absolute atomic E-state index is 0.135. The molecule has 0 aromatic heterocycles. The molecule has 0 radical (unpaired) electrons. The molecule has 1 fully saturated rings. The van der Waals surface area contributed by atoms with Gasteiger partial charge < -0.3 is 11.1 Å². The van der Waals surface area contributed by atoms with Crippen molar-refractivity contribution in [3.63, 3.8) is 0 Å². The van der Waals surface area contributed by atoms with Gasteiger partial charge in [0, 0.05) is 5.41 Å². The van der Waals surface area contributed by atoms with Crippen LogP contribution in [-0.4, -0.2) is 5.91 Å². The molecular formula is C14H20N2O. The van der Waals surface area contributed by atoms with Crippen molar-refractivity contribution in [2.75, 3.05) is 11.1 Å². The maximum atomic E-state index is 12.4. The number of para-hydroxylation sites is 2. The molecule has 0 saturated heterocycles. The second kappa shape index (κ2) is 4.78. The monoisotopic (exact) mass is 232 g/mol. The van der Waals surface area contributed by atoms with Crippen LogP contribution in [0.1, 0.15) is 39.0 Å². The zero-order valence-corrected chi connectivity index (χ0v) is 10.3. The molecule has 17 heavy (non-hydrogen) atoms. The summed E-state index contributed by atoms with van der Waals surface area (Å²) < 4.78 is 0. The third-order valence-corrected chi connectivity index (χ3v) is 3.93. The van der Waals surface area contributed by atoms with Gasteiger partial charge in [-0.2, -0.15) is 0 Å². The van der Waals surface area contributed by atoms with Crippen molar-refractivity contribution < 1.29 is 4.79 Å². The predicted molar refractivity (Wildman–Crippen MR) is 70.7 cm³/mol. The van der Waals surface area contributed by atoms with E-state index in [-0.39, 0.29) is 11.3 Å². The lowest BCUT2D eigenvalue weighted by Crippen LogP contribution is -2.33. The highest BCUT2D eigenvalue weighted by Crippen LogP contribution is 2.42. The van der Waals surface area contributed by atoms with Crippen molar-refractivity contribution in [2.24, 2.45) is 5.41 Å². The van der Waals surface area contributed by atoms with Gasteiger partial charge in [-0.15, -0.1) is 0 Å². The Balaban J connectivity index is 2.14. The first kappa shape index (κ1) is 12.0. The topological polar surface area (TPSA) is 55.1 Å². The normalized spacial score (nSPS) is 17.9. The van der Waals surface area contributed by atoms with Crippen LogP contribution in [-0.2, 0) is 4.79 Å². The highest BCUT2D eigenvalue weighted by atomic mass is 16.2. The van der Waals surface area contributed by atoms with Gasteiger partial charge in [-0.3, -0.25) is 4.79 Å². The lowest BCUT2D eigenvalue weighted by molar-refractivity contribution is -0.125. The summed E-state index contributed by atoms with van der Waals surface area (Å²) in [5, 5.41) is 2.98. The van der Waals surface area contributed by atoms with Crippen molar-refractivity contribution in [1.29, 1.82) is 0 Å². The Bertz CT molecular complexity index is 408. The van der Waals surface area contributed by atoms with E-state index in [1.165, 1.54) is 0 Å². The van der Waals surface area contributed by atoms with Gasteiger partial charge in [-0.05, 0) is 31.4 Å². The molecule has 1 aromatic carbocycles. The van der Waals surface area contributed by atoms with Crippen molar-refractivity contribution in [2.45, 2.75) is 39.0 Å². The summed E-state index contributed by atoms with van der Waals surface area (Å²) in [5.74, 6) is 0.135. The molecule has 0 atom stereocenters. The summed E-state index contributed by atoms with van der Waals surface area (Å²) in [5.41, 5.74) is 7.04.